The molecule has 110 valence electrons. The quantitative estimate of drug-likeness (QED) is 0.889. The zero-order chi connectivity index (χ0) is 14.7. The third-order valence-electron chi connectivity index (χ3n) is 4.38. The van der Waals surface area contributed by atoms with E-state index in [-0.39, 0.29) is 11.7 Å². The number of nitrogens with one attached hydrogen (secondary N) is 1. The molecule has 1 amide bonds. The van der Waals surface area contributed by atoms with E-state index in [1.54, 1.807) is 6.07 Å². The number of aromatic hydroxyl groups is 1. The van der Waals surface area contributed by atoms with E-state index in [2.05, 4.69) is 12.2 Å². The van der Waals surface area contributed by atoms with Gasteiger partial charge in [-0.25, -0.2) is 0 Å². The third kappa shape index (κ3) is 2.80. The Labute approximate surface area is 120 Å². The van der Waals surface area contributed by atoms with E-state index in [4.69, 9.17) is 0 Å². The molecule has 1 aromatic carbocycles. The maximum atomic E-state index is 12.6. The summed E-state index contributed by atoms with van der Waals surface area (Å²) in [6, 6.07) is 5.82. The number of hydrogen-bond donors (Lipinski definition) is 2. The van der Waals surface area contributed by atoms with Crippen molar-refractivity contribution in [2.75, 3.05) is 20.1 Å². The Balaban J connectivity index is 2.16. The minimum absolute atomic E-state index is 0.0563. The summed E-state index contributed by atoms with van der Waals surface area (Å²) < 4.78 is 0. The molecule has 0 saturated carbocycles. The highest BCUT2D eigenvalue weighted by molar-refractivity contribution is 5.97. The van der Waals surface area contributed by atoms with Crippen molar-refractivity contribution in [2.45, 2.75) is 32.7 Å². The molecular weight excluding hydrogens is 252 g/mol. The van der Waals surface area contributed by atoms with E-state index in [0.29, 0.717) is 17.5 Å². The van der Waals surface area contributed by atoms with Crippen LogP contribution in [-0.2, 0) is 0 Å². The molecule has 20 heavy (non-hydrogen) atoms. The molecule has 2 atom stereocenters. The number of para-hydroxylation sites is 1. The number of piperidine rings is 1. The lowest BCUT2D eigenvalue weighted by Crippen LogP contribution is -2.50. The predicted molar refractivity (Wildman–Crippen MR) is 80.0 cm³/mol. The van der Waals surface area contributed by atoms with Crippen LogP contribution in [0.4, 0.5) is 0 Å². The topological polar surface area (TPSA) is 52.6 Å². The van der Waals surface area contributed by atoms with Crippen molar-refractivity contribution in [3.63, 3.8) is 0 Å². The van der Waals surface area contributed by atoms with Gasteiger partial charge in [0.2, 0.25) is 0 Å². The fourth-order valence-corrected chi connectivity index (χ4v) is 3.01. The van der Waals surface area contributed by atoms with Crippen LogP contribution in [0.3, 0.4) is 0 Å². The van der Waals surface area contributed by atoms with Crippen molar-refractivity contribution in [1.82, 2.24) is 10.2 Å². The highest BCUT2D eigenvalue weighted by Crippen LogP contribution is 2.26. The molecule has 0 radical (unpaired) electrons. The van der Waals surface area contributed by atoms with Crippen molar-refractivity contribution < 1.29 is 9.90 Å². The minimum Gasteiger partial charge on any atom is -0.507 e. The Bertz CT molecular complexity index is 487. The molecule has 0 bridgehead atoms. The highest BCUT2D eigenvalue weighted by atomic mass is 16.3. The van der Waals surface area contributed by atoms with Gasteiger partial charge >= 0.3 is 0 Å². The van der Waals surface area contributed by atoms with Gasteiger partial charge in [0.1, 0.15) is 5.75 Å². The van der Waals surface area contributed by atoms with E-state index in [1.165, 1.54) is 0 Å². The third-order valence-corrected chi connectivity index (χ3v) is 4.38. The molecule has 2 rings (SSSR count). The fourth-order valence-electron chi connectivity index (χ4n) is 3.01. The summed E-state index contributed by atoms with van der Waals surface area (Å²) >= 11 is 0. The number of likely N-dealkylation sites (tertiary alicyclic amines) is 1. The number of benzene rings is 1. The molecule has 1 fully saturated rings. The van der Waals surface area contributed by atoms with E-state index in [9.17, 15) is 9.90 Å². The second-order valence-electron chi connectivity index (χ2n) is 5.57. The van der Waals surface area contributed by atoms with Crippen LogP contribution in [0.25, 0.3) is 0 Å². The molecule has 1 heterocycles. The first-order chi connectivity index (χ1) is 9.58. The summed E-state index contributed by atoms with van der Waals surface area (Å²) in [7, 11) is 1.98. The van der Waals surface area contributed by atoms with Crippen molar-refractivity contribution in [2.24, 2.45) is 5.92 Å². The van der Waals surface area contributed by atoms with E-state index >= 15 is 0 Å². The standard InChI is InChI=1S/C16H24N2O2/c1-4-12-10-18(9-8-14(12)17-3)16(20)13-7-5-6-11(2)15(13)19/h5-7,12,14,17,19H,4,8-10H2,1-3H3. The molecule has 0 spiro atoms. The van der Waals surface area contributed by atoms with E-state index in [1.807, 2.05) is 31.0 Å². The summed E-state index contributed by atoms with van der Waals surface area (Å²) in [5, 5.41) is 13.4. The molecule has 0 aromatic heterocycles. The van der Waals surface area contributed by atoms with Gasteiger partial charge in [0.15, 0.2) is 0 Å². The van der Waals surface area contributed by atoms with Gasteiger partial charge in [0.25, 0.3) is 5.91 Å². The first kappa shape index (κ1) is 14.9. The molecule has 1 aliphatic rings. The van der Waals surface area contributed by atoms with Gasteiger partial charge in [-0.2, -0.15) is 0 Å². The Kier molecular flexibility index (Phi) is 4.65. The molecule has 0 aliphatic carbocycles. The average molecular weight is 276 g/mol. The van der Waals surface area contributed by atoms with Gasteiger partial charge in [-0.1, -0.05) is 25.5 Å². The molecular formula is C16H24N2O2. The largest absolute Gasteiger partial charge is 0.507 e. The number of phenolic OH excluding ortho intramolecular Hbond substituents is 1. The van der Waals surface area contributed by atoms with Crippen LogP contribution in [0.1, 0.15) is 35.7 Å². The summed E-state index contributed by atoms with van der Waals surface area (Å²) in [5.41, 5.74) is 1.16. The van der Waals surface area contributed by atoms with Crippen LogP contribution in [0.15, 0.2) is 18.2 Å². The number of amides is 1. The number of hydrogen-bond acceptors (Lipinski definition) is 3. The fraction of sp³-hybridized carbons (Fsp3) is 0.562. The average Bonchev–Trinajstić information content (AvgIpc) is 2.48. The van der Waals surface area contributed by atoms with Gasteiger partial charge in [-0.15, -0.1) is 0 Å². The summed E-state index contributed by atoms with van der Waals surface area (Å²) in [4.78, 5) is 14.4. The normalized spacial score (nSPS) is 22.9. The highest BCUT2D eigenvalue weighted by Gasteiger charge is 2.30. The number of phenols is 1. The first-order valence-electron chi connectivity index (χ1n) is 7.33. The lowest BCUT2D eigenvalue weighted by Gasteiger charge is -2.38. The second-order valence-corrected chi connectivity index (χ2v) is 5.57. The van der Waals surface area contributed by atoms with Crippen molar-refractivity contribution in [1.29, 1.82) is 0 Å². The van der Waals surface area contributed by atoms with Gasteiger partial charge in [-0.05, 0) is 37.9 Å². The molecule has 4 nitrogen and oxygen atoms in total. The van der Waals surface area contributed by atoms with Crippen molar-refractivity contribution in [3.8, 4) is 5.75 Å². The number of rotatable bonds is 3. The predicted octanol–water partition coefficient (Wildman–Crippen LogP) is 2.16. The zero-order valence-corrected chi connectivity index (χ0v) is 12.5. The maximum Gasteiger partial charge on any atom is 0.257 e. The number of nitrogens with zero attached hydrogens (tertiary/aromatic N) is 1. The van der Waals surface area contributed by atoms with E-state index < -0.39 is 0 Å². The molecule has 1 saturated heterocycles. The second kappa shape index (κ2) is 6.27. The first-order valence-corrected chi connectivity index (χ1v) is 7.33. The lowest BCUT2D eigenvalue weighted by molar-refractivity contribution is 0.0628. The SMILES string of the molecule is CCC1CN(C(=O)c2cccc(C)c2O)CCC1NC. The van der Waals surface area contributed by atoms with Crippen LogP contribution in [0.2, 0.25) is 0 Å². The Hall–Kier alpha value is -1.55. The van der Waals surface area contributed by atoms with Crippen LogP contribution in [-0.4, -0.2) is 42.1 Å². The zero-order valence-electron chi connectivity index (χ0n) is 12.5. The molecule has 2 unspecified atom stereocenters. The summed E-state index contributed by atoms with van der Waals surface area (Å²) in [6.45, 7) is 5.48. The Morgan fingerprint density at radius 2 is 2.25 bits per heavy atom. The van der Waals surface area contributed by atoms with Crippen LogP contribution in [0, 0.1) is 12.8 Å². The molecule has 1 aromatic rings. The van der Waals surface area contributed by atoms with E-state index in [0.717, 1.165) is 31.5 Å². The smallest absolute Gasteiger partial charge is 0.257 e. The molecule has 4 heteroatoms. The van der Waals surface area contributed by atoms with Gasteiger partial charge in [-0.3, -0.25) is 4.79 Å². The van der Waals surface area contributed by atoms with Gasteiger partial charge in [0.05, 0.1) is 5.56 Å². The van der Waals surface area contributed by atoms with Crippen molar-refractivity contribution in [3.05, 3.63) is 29.3 Å². The van der Waals surface area contributed by atoms with Crippen LogP contribution < -0.4 is 5.32 Å². The van der Waals surface area contributed by atoms with Crippen molar-refractivity contribution >= 4 is 5.91 Å². The Morgan fingerprint density at radius 3 is 2.90 bits per heavy atom. The van der Waals surface area contributed by atoms with Crippen LogP contribution >= 0.6 is 0 Å². The van der Waals surface area contributed by atoms with Gasteiger partial charge < -0.3 is 15.3 Å². The lowest BCUT2D eigenvalue weighted by atomic mass is 9.89. The summed E-state index contributed by atoms with van der Waals surface area (Å²) in [5.74, 6) is 0.533. The molecule has 2 N–H and O–H groups in total. The van der Waals surface area contributed by atoms with Crippen LogP contribution in [0.5, 0.6) is 5.75 Å². The number of carbonyl (C=O) groups is 1. The Morgan fingerprint density at radius 1 is 1.50 bits per heavy atom. The maximum absolute atomic E-state index is 12.6. The minimum atomic E-state index is -0.0563. The summed E-state index contributed by atoms with van der Waals surface area (Å²) in [6.07, 6.45) is 2.02. The number of carbonyl (C=O) groups excluding carboxylic acids is 1. The molecule has 1 aliphatic heterocycles. The monoisotopic (exact) mass is 276 g/mol. The van der Waals surface area contributed by atoms with Gasteiger partial charge in [0, 0.05) is 19.1 Å². The number of aryl methyl sites for hydroxylation is 1.